The second kappa shape index (κ2) is 6.02. The first-order valence-electron chi connectivity index (χ1n) is 6.03. The number of halogens is 3. The summed E-state index contributed by atoms with van der Waals surface area (Å²) < 4.78 is 37.5. The number of rotatable bonds is 4. The number of nitrogens with two attached hydrogens (primary N) is 1. The number of alkyl halides is 3. The number of benzene rings is 1. The summed E-state index contributed by atoms with van der Waals surface area (Å²) >= 11 is 0. The molecule has 0 aliphatic rings. The van der Waals surface area contributed by atoms with Crippen molar-refractivity contribution in [1.82, 2.24) is 10.4 Å². The third-order valence-electron chi connectivity index (χ3n) is 3.03. The van der Waals surface area contributed by atoms with Crippen LogP contribution >= 0.6 is 0 Å². The molecule has 0 saturated heterocycles. The Morgan fingerprint density at radius 1 is 1.05 bits per heavy atom. The second-order valence-corrected chi connectivity index (χ2v) is 4.40. The zero-order valence-corrected chi connectivity index (χ0v) is 10.6. The number of hydrogen-bond acceptors (Lipinski definition) is 3. The molecule has 2 aromatic rings. The lowest BCUT2D eigenvalue weighted by atomic mass is 9.99. The van der Waals surface area contributed by atoms with Crippen LogP contribution in [0.3, 0.4) is 0 Å². The van der Waals surface area contributed by atoms with Crippen molar-refractivity contribution in [1.29, 1.82) is 0 Å². The van der Waals surface area contributed by atoms with Gasteiger partial charge in [-0.2, -0.15) is 13.2 Å². The van der Waals surface area contributed by atoms with Crippen LogP contribution in [-0.2, 0) is 12.6 Å². The minimum atomic E-state index is -4.32. The van der Waals surface area contributed by atoms with Gasteiger partial charge in [-0.1, -0.05) is 12.1 Å². The number of nitrogens with one attached hydrogen (secondary N) is 1. The number of aromatic nitrogens is 1. The van der Waals surface area contributed by atoms with Crippen LogP contribution in [0.2, 0.25) is 0 Å². The molecule has 106 valence electrons. The standard InChI is InChI=1S/C14H14F3N3/c15-14(16,17)12-3-1-11(2-4-12)13(20-18)9-10-5-7-19-8-6-10/h1-8,13,20H,9,18H2. The third kappa shape index (κ3) is 3.55. The number of hydrogen-bond donors (Lipinski definition) is 2. The van der Waals surface area contributed by atoms with Crippen molar-refractivity contribution in [3.05, 3.63) is 65.5 Å². The van der Waals surface area contributed by atoms with Crippen molar-refractivity contribution in [2.75, 3.05) is 0 Å². The second-order valence-electron chi connectivity index (χ2n) is 4.40. The van der Waals surface area contributed by atoms with Gasteiger partial charge in [0.2, 0.25) is 0 Å². The molecule has 0 aliphatic carbocycles. The predicted octanol–water partition coefficient (Wildman–Crippen LogP) is 2.85. The highest BCUT2D eigenvalue weighted by Gasteiger charge is 2.30. The minimum Gasteiger partial charge on any atom is -0.271 e. The lowest BCUT2D eigenvalue weighted by molar-refractivity contribution is -0.137. The van der Waals surface area contributed by atoms with E-state index in [4.69, 9.17) is 5.84 Å². The summed E-state index contributed by atoms with van der Waals surface area (Å²) in [4.78, 5) is 3.91. The molecule has 6 heteroatoms. The third-order valence-corrected chi connectivity index (χ3v) is 3.03. The predicted molar refractivity (Wildman–Crippen MR) is 69.4 cm³/mol. The summed E-state index contributed by atoms with van der Waals surface area (Å²) in [6, 6.07) is 8.43. The molecule has 1 aromatic heterocycles. The number of pyridine rings is 1. The Morgan fingerprint density at radius 3 is 2.15 bits per heavy atom. The topological polar surface area (TPSA) is 50.9 Å². The van der Waals surface area contributed by atoms with Gasteiger partial charge in [-0.3, -0.25) is 16.3 Å². The highest BCUT2D eigenvalue weighted by Crippen LogP contribution is 2.30. The Kier molecular flexibility index (Phi) is 4.36. The van der Waals surface area contributed by atoms with E-state index in [1.54, 1.807) is 12.4 Å². The van der Waals surface area contributed by atoms with Crippen LogP contribution in [0.1, 0.15) is 22.7 Å². The normalized spacial score (nSPS) is 13.2. The van der Waals surface area contributed by atoms with E-state index < -0.39 is 11.7 Å². The molecule has 0 aliphatic heterocycles. The van der Waals surface area contributed by atoms with Gasteiger partial charge in [0.1, 0.15) is 0 Å². The molecule has 0 amide bonds. The lowest BCUT2D eigenvalue weighted by Gasteiger charge is -2.17. The monoisotopic (exact) mass is 281 g/mol. The molecule has 3 N–H and O–H groups in total. The highest BCUT2D eigenvalue weighted by molar-refractivity contribution is 5.28. The highest BCUT2D eigenvalue weighted by atomic mass is 19.4. The van der Waals surface area contributed by atoms with Crippen LogP contribution in [0.15, 0.2) is 48.8 Å². The van der Waals surface area contributed by atoms with Gasteiger partial charge in [-0.25, -0.2) is 0 Å². The maximum Gasteiger partial charge on any atom is 0.416 e. The van der Waals surface area contributed by atoms with Crippen LogP contribution in [0, 0.1) is 0 Å². The van der Waals surface area contributed by atoms with Crippen LogP contribution in [-0.4, -0.2) is 4.98 Å². The largest absolute Gasteiger partial charge is 0.416 e. The Bertz CT molecular complexity index is 538. The zero-order valence-electron chi connectivity index (χ0n) is 10.6. The fraction of sp³-hybridized carbons (Fsp3) is 0.214. The first kappa shape index (κ1) is 14.5. The summed E-state index contributed by atoms with van der Waals surface area (Å²) in [5.41, 5.74) is 3.67. The molecular formula is C14H14F3N3. The molecule has 3 nitrogen and oxygen atoms in total. The van der Waals surface area contributed by atoms with Gasteiger partial charge in [-0.15, -0.1) is 0 Å². The summed E-state index contributed by atoms with van der Waals surface area (Å²) in [7, 11) is 0. The maximum atomic E-state index is 12.5. The van der Waals surface area contributed by atoms with Gasteiger partial charge in [0, 0.05) is 18.4 Å². The maximum absolute atomic E-state index is 12.5. The van der Waals surface area contributed by atoms with Gasteiger partial charge < -0.3 is 0 Å². The molecule has 0 spiro atoms. The van der Waals surface area contributed by atoms with Crippen molar-refractivity contribution < 1.29 is 13.2 Å². The molecule has 0 saturated carbocycles. The van der Waals surface area contributed by atoms with E-state index in [0.29, 0.717) is 12.0 Å². The van der Waals surface area contributed by atoms with Crippen molar-refractivity contribution in [2.24, 2.45) is 5.84 Å². The molecule has 20 heavy (non-hydrogen) atoms. The van der Waals surface area contributed by atoms with Crippen LogP contribution < -0.4 is 11.3 Å². The van der Waals surface area contributed by atoms with Gasteiger partial charge >= 0.3 is 6.18 Å². The summed E-state index contributed by atoms with van der Waals surface area (Å²) in [6.07, 6.45) is -0.426. The molecule has 1 unspecified atom stereocenters. The van der Waals surface area contributed by atoms with Gasteiger partial charge in [0.25, 0.3) is 0 Å². The van der Waals surface area contributed by atoms with E-state index in [2.05, 4.69) is 10.4 Å². The van der Waals surface area contributed by atoms with E-state index in [1.165, 1.54) is 12.1 Å². The zero-order chi connectivity index (χ0) is 14.6. The van der Waals surface area contributed by atoms with Crippen molar-refractivity contribution >= 4 is 0 Å². The Hall–Kier alpha value is -1.92. The summed E-state index contributed by atoms with van der Waals surface area (Å²) in [5.74, 6) is 5.49. The van der Waals surface area contributed by atoms with Gasteiger partial charge in [0.15, 0.2) is 0 Å². The molecule has 0 bridgehead atoms. The Morgan fingerprint density at radius 2 is 1.65 bits per heavy atom. The van der Waals surface area contributed by atoms with E-state index in [0.717, 1.165) is 17.7 Å². The fourth-order valence-electron chi connectivity index (χ4n) is 1.93. The molecule has 0 radical (unpaired) electrons. The van der Waals surface area contributed by atoms with E-state index >= 15 is 0 Å². The van der Waals surface area contributed by atoms with Gasteiger partial charge in [-0.05, 0) is 41.8 Å². The molecular weight excluding hydrogens is 267 g/mol. The van der Waals surface area contributed by atoms with Crippen LogP contribution in [0.5, 0.6) is 0 Å². The summed E-state index contributed by atoms with van der Waals surface area (Å²) in [6.45, 7) is 0. The smallest absolute Gasteiger partial charge is 0.271 e. The first-order valence-corrected chi connectivity index (χ1v) is 6.03. The quantitative estimate of drug-likeness (QED) is 0.669. The fourth-order valence-corrected chi connectivity index (χ4v) is 1.93. The Balaban J connectivity index is 2.16. The summed E-state index contributed by atoms with van der Waals surface area (Å²) in [5, 5.41) is 0. The minimum absolute atomic E-state index is 0.250. The molecule has 1 atom stereocenters. The van der Waals surface area contributed by atoms with Crippen molar-refractivity contribution in [3.63, 3.8) is 0 Å². The van der Waals surface area contributed by atoms with Crippen molar-refractivity contribution in [3.8, 4) is 0 Å². The van der Waals surface area contributed by atoms with Crippen LogP contribution in [0.25, 0.3) is 0 Å². The molecule has 2 rings (SSSR count). The van der Waals surface area contributed by atoms with Gasteiger partial charge in [0.05, 0.1) is 5.56 Å². The van der Waals surface area contributed by atoms with E-state index in [1.807, 2.05) is 12.1 Å². The van der Waals surface area contributed by atoms with E-state index in [-0.39, 0.29) is 6.04 Å². The molecule has 0 fully saturated rings. The molecule has 1 heterocycles. The average Bonchev–Trinajstić information content (AvgIpc) is 2.45. The molecule has 1 aromatic carbocycles. The number of hydrazine groups is 1. The first-order chi connectivity index (χ1) is 9.50. The van der Waals surface area contributed by atoms with Crippen LogP contribution in [0.4, 0.5) is 13.2 Å². The Labute approximate surface area is 114 Å². The van der Waals surface area contributed by atoms with E-state index in [9.17, 15) is 13.2 Å². The SMILES string of the molecule is NNC(Cc1ccncc1)c1ccc(C(F)(F)F)cc1. The average molecular weight is 281 g/mol. The number of nitrogens with zero attached hydrogens (tertiary/aromatic N) is 1. The lowest BCUT2D eigenvalue weighted by Crippen LogP contribution is -2.29. The van der Waals surface area contributed by atoms with Crippen molar-refractivity contribution in [2.45, 2.75) is 18.6 Å².